The number of benzene rings is 2. The van der Waals surface area contributed by atoms with Gasteiger partial charge in [0.2, 0.25) is 0 Å². The van der Waals surface area contributed by atoms with E-state index in [1.807, 2.05) is 0 Å². The minimum absolute atomic E-state index is 0.230. The Morgan fingerprint density at radius 1 is 0.919 bits per heavy atom. The first-order chi connectivity index (χ1) is 17.7. The van der Waals surface area contributed by atoms with E-state index in [4.69, 9.17) is 11.1 Å². The van der Waals surface area contributed by atoms with Crippen LogP contribution in [0.4, 0.5) is 26.2 Å². The highest BCUT2D eigenvalue weighted by atomic mass is 19.1. The van der Waals surface area contributed by atoms with Gasteiger partial charge in [-0.1, -0.05) is 18.2 Å². The van der Waals surface area contributed by atoms with Crippen molar-refractivity contribution in [1.29, 1.82) is 5.41 Å². The summed E-state index contributed by atoms with van der Waals surface area (Å²) in [6, 6.07) is 15.8. The number of carbonyl (C=O) groups excluding carboxylic acids is 2. The normalized spacial score (nSPS) is 10.5. The van der Waals surface area contributed by atoms with Crippen molar-refractivity contribution in [3.05, 3.63) is 90.6 Å². The van der Waals surface area contributed by atoms with Crippen LogP contribution in [0, 0.1) is 11.2 Å². The number of carbonyl (C=O) groups is 2. The molecule has 3 amide bonds. The summed E-state index contributed by atoms with van der Waals surface area (Å²) >= 11 is 0. The van der Waals surface area contributed by atoms with Gasteiger partial charge in [-0.3, -0.25) is 20.2 Å². The van der Waals surface area contributed by atoms with Crippen molar-refractivity contribution in [3.63, 3.8) is 0 Å². The molecule has 0 atom stereocenters. The van der Waals surface area contributed by atoms with Gasteiger partial charge in [-0.2, -0.15) is 0 Å². The van der Waals surface area contributed by atoms with Gasteiger partial charge < -0.3 is 21.3 Å². The Hall–Kier alpha value is -5.12. The maximum absolute atomic E-state index is 14.0. The van der Waals surface area contributed by atoms with Crippen LogP contribution in [0.1, 0.15) is 5.56 Å². The molecule has 2 aromatic carbocycles. The highest BCUT2D eigenvalue weighted by molar-refractivity contribution is 6.48. The van der Waals surface area contributed by atoms with E-state index < -0.39 is 11.7 Å². The Morgan fingerprint density at radius 2 is 1.70 bits per heavy atom. The fourth-order valence-electron chi connectivity index (χ4n) is 3.47. The Bertz CT molecular complexity index is 1490. The lowest BCUT2D eigenvalue weighted by Crippen LogP contribution is -2.27. The van der Waals surface area contributed by atoms with E-state index in [9.17, 15) is 14.0 Å². The molecule has 37 heavy (non-hydrogen) atoms. The van der Waals surface area contributed by atoms with Crippen molar-refractivity contribution < 1.29 is 14.0 Å². The number of rotatable bonds is 6. The largest absolute Gasteiger partial charge is 0.398 e. The first-order valence-corrected chi connectivity index (χ1v) is 11.2. The molecule has 2 heterocycles. The van der Waals surface area contributed by atoms with Crippen LogP contribution in [0.25, 0.3) is 22.4 Å². The summed E-state index contributed by atoms with van der Waals surface area (Å²) in [5.74, 6) is -1.08. The monoisotopic (exact) mass is 497 g/mol. The third-order valence-electron chi connectivity index (χ3n) is 5.45. The third kappa shape index (κ3) is 5.76. The molecule has 0 aliphatic carbocycles. The summed E-state index contributed by atoms with van der Waals surface area (Å²) in [6.07, 6.45) is 4.52. The molecule has 0 saturated carbocycles. The predicted octanol–water partition coefficient (Wildman–Crippen LogP) is 4.63. The minimum atomic E-state index is -0.686. The summed E-state index contributed by atoms with van der Waals surface area (Å²) in [4.78, 5) is 34.6. The third-order valence-corrected chi connectivity index (χ3v) is 5.45. The maximum Gasteiger partial charge on any atom is 0.321 e. The van der Waals surface area contributed by atoms with Crippen molar-refractivity contribution in [2.24, 2.45) is 0 Å². The van der Waals surface area contributed by atoms with Crippen LogP contribution in [-0.2, 0) is 4.79 Å². The maximum atomic E-state index is 14.0. The van der Waals surface area contributed by atoms with Crippen molar-refractivity contribution in [3.8, 4) is 22.4 Å². The summed E-state index contributed by atoms with van der Waals surface area (Å²) in [7, 11) is 3.26. The van der Waals surface area contributed by atoms with Crippen molar-refractivity contribution in [2.75, 3.05) is 30.5 Å². The average molecular weight is 498 g/mol. The molecule has 0 aliphatic rings. The Balaban J connectivity index is 1.52. The van der Waals surface area contributed by atoms with Crippen LogP contribution in [0.15, 0.2) is 79.3 Å². The predicted molar refractivity (Wildman–Crippen MR) is 142 cm³/mol. The Labute approximate surface area is 212 Å². The number of aromatic nitrogens is 2. The second-order valence-corrected chi connectivity index (χ2v) is 8.33. The zero-order valence-corrected chi connectivity index (χ0v) is 20.1. The van der Waals surface area contributed by atoms with Gasteiger partial charge in [-0.25, -0.2) is 9.18 Å². The first kappa shape index (κ1) is 25.0. The average Bonchev–Trinajstić information content (AvgIpc) is 2.89. The molecule has 5 N–H and O–H groups in total. The van der Waals surface area contributed by atoms with Gasteiger partial charge in [0, 0.05) is 42.7 Å². The topological polar surface area (TPSA) is 137 Å². The van der Waals surface area contributed by atoms with E-state index in [1.165, 1.54) is 23.4 Å². The fourth-order valence-corrected chi connectivity index (χ4v) is 3.47. The van der Waals surface area contributed by atoms with E-state index in [2.05, 4.69) is 20.6 Å². The number of hydrogen-bond donors (Lipinski definition) is 4. The molecule has 0 unspecified atom stereocenters. The van der Waals surface area contributed by atoms with Crippen molar-refractivity contribution >= 4 is 34.7 Å². The van der Waals surface area contributed by atoms with E-state index in [0.717, 1.165) is 0 Å². The number of nitrogens with zero attached hydrogens (tertiary/aromatic N) is 3. The molecule has 2 aromatic heterocycles. The van der Waals surface area contributed by atoms with Crippen molar-refractivity contribution in [2.45, 2.75) is 0 Å². The number of nitrogens with two attached hydrogens (primary N) is 1. The van der Waals surface area contributed by atoms with Crippen LogP contribution in [0.5, 0.6) is 0 Å². The van der Waals surface area contributed by atoms with Gasteiger partial charge >= 0.3 is 6.03 Å². The zero-order valence-electron chi connectivity index (χ0n) is 20.1. The number of pyridine rings is 2. The molecular weight excluding hydrogens is 473 g/mol. The summed E-state index contributed by atoms with van der Waals surface area (Å²) in [5.41, 5.74) is 9.14. The fraction of sp³-hybridized carbons (Fsp3) is 0.0741. The van der Waals surface area contributed by atoms with Crippen molar-refractivity contribution in [1.82, 2.24) is 14.9 Å². The second kappa shape index (κ2) is 10.6. The molecule has 4 aromatic rings. The molecule has 0 radical (unpaired) electrons. The number of urea groups is 1. The van der Waals surface area contributed by atoms with Gasteiger partial charge in [0.25, 0.3) is 5.91 Å². The van der Waals surface area contributed by atoms with Crippen LogP contribution in [-0.4, -0.2) is 46.6 Å². The number of anilines is 3. The zero-order chi connectivity index (χ0) is 26.5. The molecule has 0 fully saturated rings. The lowest BCUT2D eigenvalue weighted by Gasteiger charge is -2.13. The minimum Gasteiger partial charge on any atom is -0.398 e. The summed E-state index contributed by atoms with van der Waals surface area (Å²) < 4.78 is 14.0. The molecule has 4 rings (SSSR count). The highest BCUT2D eigenvalue weighted by Crippen LogP contribution is 2.26. The molecule has 0 saturated heterocycles. The van der Waals surface area contributed by atoms with Gasteiger partial charge in [0.15, 0.2) is 0 Å². The summed E-state index contributed by atoms with van der Waals surface area (Å²) in [6.45, 7) is 0. The number of hydrogen-bond acceptors (Lipinski definition) is 6. The summed E-state index contributed by atoms with van der Waals surface area (Å²) in [5, 5.41) is 13.8. The molecule has 0 aliphatic heterocycles. The van der Waals surface area contributed by atoms with Gasteiger partial charge in [-0.05, 0) is 48.0 Å². The van der Waals surface area contributed by atoms with Gasteiger partial charge in [0.1, 0.15) is 11.5 Å². The van der Waals surface area contributed by atoms with Crippen LogP contribution >= 0.6 is 0 Å². The number of nitrogens with one attached hydrogen (secondary N) is 3. The van der Waals surface area contributed by atoms with Crippen LogP contribution in [0.3, 0.4) is 0 Å². The quantitative estimate of drug-likeness (QED) is 0.227. The Kier molecular flexibility index (Phi) is 7.19. The molecular formula is C27H24FN7O2. The smallest absolute Gasteiger partial charge is 0.321 e. The lowest BCUT2D eigenvalue weighted by molar-refractivity contribution is -0.110. The van der Waals surface area contributed by atoms with Crippen LogP contribution in [0.2, 0.25) is 0 Å². The number of amides is 3. The van der Waals surface area contributed by atoms with E-state index in [-0.39, 0.29) is 23.0 Å². The Morgan fingerprint density at radius 3 is 2.41 bits per heavy atom. The van der Waals surface area contributed by atoms with E-state index in [0.29, 0.717) is 33.8 Å². The van der Waals surface area contributed by atoms with Gasteiger partial charge in [0.05, 0.1) is 29.5 Å². The second-order valence-electron chi connectivity index (χ2n) is 8.33. The highest BCUT2D eigenvalue weighted by Gasteiger charge is 2.17. The number of nitrogen functional groups attached to an aromatic ring is 1. The van der Waals surface area contributed by atoms with Gasteiger partial charge in [-0.15, -0.1) is 0 Å². The molecule has 9 nitrogen and oxygen atoms in total. The molecule has 10 heteroatoms. The van der Waals surface area contributed by atoms with E-state index in [1.54, 1.807) is 74.9 Å². The molecule has 186 valence electrons. The lowest BCUT2D eigenvalue weighted by atomic mass is 10.00. The SMILES string of the molecule is CN(C)C(=O)Nc1cncc(-c2ccc(N)c(C(=N)C(=O)Nc3ccc(-c4ccccc4F)nc3)c2)c1. The standard InChI is InChI=1S/C27H24FN7O2/c1-35(2)27(37)34-19-11-17(13-31-14-19)16-7-9-23(29)21(12-16)25(30)26(36)33-18-8-10-24(32-15-18)20-5-3-4-6-22(20)28/h3-15,30H,29H2,1-2H3,(H,33,36)(H,34,37). The molecule has 0 bridgehead atoms. The van der Waals surface area contributed by atoms with E-state index >= 15 is 0 Å². The first-order valence-electron chi connectivity index (χ1n) is 11.2. The number of halogens is 1. The molecule has 0 spiro atoms. The van der Waals surface area contributed by atoms with Crippen LogP contribution < -0.4 is 16.4 Å².